The first kappa shape index (κ1) is 28.5. The van der Waals surface area contributed by atoms with Crippen molar-refractivity contribution in [2.24, 2.45) is 0 Å². The lowest BCUT2D eigenvalue weighted by atomic mass is 10.1. The van der Waals surface area contributed by atoms with Crippen LogP contribution in [0.15, 0.2) is 119 Å². The van der Waals surface area contributed by atoms with Gasteiger partial charge in [0, 0.05) is 41.4 Å². The molecule has 4 aromatic carbocycles. The third-order valence-electron chi connectivity index (χ3n) is 7.26. The van der Waals surface area contributed by atoms with E-state index in [0.717, 1.165) is 52.4 Å². The van der Waals surface area contributed by atoms with Crippen molar-refractivity contribution in [1.29, 1.82) is 0 Å². The Hall–Kier alpha value is -4.66. The molecule has 8 heteroatoms. The maximum atomic E-state index is 11.3. The van der Waals surface area contributed by atoms with Crippen LogP contribution in [0.3, 0.4) is 0 Å². The van der Waals surface area contributed by atoms with Crippen molar-refractivity contribution in [3.05, 3.63) is 119 Å². The number of rotatable bonds is 10. The van der Waals surface area contributed by atoms with Crippen LogP contribution in [0.2, 0.25) is 0 Å². The van der Waals surface area contributed by atoms with Gasteiger partial charge in [-0.3, -0.25) is 4.79 Å². The normalized spacial score (nSPS) is 14.4. The molecule has 214 valence electrons. The van der Waals surface area contributed by atoms with Gasteiger partial charge in [-0.1, -0.05) is 108 Å². The monoisotopic (exact) mass is 604 g/mol. The number of benzene rings is 4. The summed E-state index contributed by atoms with van der Waals surface area (Å²) in [6.07, 6.45) is 13.7. The highest BCUT2D eigenvalue weighted by atomic mass is 32.2. The molecule has 1 aliphatic rings. The van der Waals surface area contributed by atoms with Crippen molar-refractivity contribution in [2.75, 3.05) is 11.4 Å². The number of aromatic nitrogens is 1. The van der Waals surface area contributed by atoms with Gasteiger partial charge in [-0.2, -0.15) is 4.57 Å². The molecule has 1 aliphatic heterocycles. The molecule has 1 N–H and O–H groups in total. The van der Waals surface area contributed by atoms with Crippen LogP contribution in [-0.2, 0) is 16.1 Å². The van der Waals surface area contributed by atoms with Gasteiger partial charge in [0.15, 0.2) is 6.54 Å². The fourth-order valence-electron chi connectivity index (χ4n) is 5.25. The second kappa shape index (κ2) is 12.7. The van der Waals surface area contributed by atoms with Crippen molar-refractivity contribution < 1.29 is 24.4 Å². The summed E-state index contributed by atoms with van der Waals surface area (Å²) < 4.78 is 3.22. The predicted octanol–water partition coefficient (Wildman–Crippen LogP) is 6.69. The van der Waals surface area contributed by atoms with Crippen LogP contribution in [-0.4, -0.2) is 23.6 Å². The first-order chi connectivity index (χ1) is 21.0. The molecule has 0 amide bonds. The molecule has 6 nitrogen and oxygen atoms in total. The van der Waals surface area contributed by atoms with E-state index in [9.17, 15) is 19.8 Å². The van der Waals surface area contributed by atoms with Crippen LogP contribution < -0.4 is 14.6 Å². The van der Waals surface area contributed by atoms with E-state index in [0.29, 0.717) is 13.1 Å². The molecule has 0 unspecified atom stereocenters. The third kappa shape index (κ3) is 6.11. The lowest BCUT2D eigenvalue weighted by molar-refractivity contribution is -0.667. The number of thiazole rings is 1. The zero-order chi connectivity index (χ0) is 29.8. The summed E-state index contributed by atoms with van der Waals surface area (Å²) in [7, 11) is 0. The van der Waals surface area contributed by atoms with E-state index in [1.165, 1.54) is 0 Å². The van der Waals surface area contributed by atoms with Gasteiger partial charge in [0.1, 0.15) is 11.1 Å². The molecule has 0 aliphatic carbocycles. The molecule has 0 fully saturated rings. The molecular weight excluding hydrogens is 577 g/mol. The summed E-state index contributed by atoms with van der Waals surface area (Å²) in [5.41, 5.74) is 2.04. The Labute approximate surface area is 257 Å². The van der Waals surface area contributed by atoms with E-state index in [1.54, 1.807) is 23.1 Å². The summed E-state index contributed by atoms with van der Waals surface area (Å²) in [6.45, 7) is 0.736. The molecule has 0 spiro atoms. The molecule has 43 heavy (non-hydrogen) atoms. The van der Waals surface area contributed by atoms with Crippen LogP contribution in [0.5, 0.6) is 0 Å². The minimum atomic E-state index is -1.07. The average molecular weight is 605 g/mol. The maximum absolute atomic E-state index is 11.3. The highest BCUT2D eigenvalue weighted by Gasteiger charge is 2.26. The molecule has 0 saturated heterocycles. The van der Waals surface area contributed by atoms with E-state index in [4.69, 9.17) is 0 Å². The Morgan fingerprint density at radius 2 is 1.53 bits per heavy atom. The Balaban J connectivity index is 1.21. The minimum absolute atomic E-state index is 0.0507. The molecule has 2 heterocycles. The summed E-state index contributed by atoms with van der Waals surface area (Å²) in [4.78, 5) is 25.7. The van der Waals surface area contributed by atoms with Gasteiger partial charge in [-0.05, 0) is 34.4 Å². The van der Waals surface area contributed by atoms with Crippen molar-refractivity contribution in [1.82, 2.24) is 0 Å². The number of hydrogen-bond donors (Lipinski definition) is 1. The molecular formula is C35H28N2O4S2. The molecule has 5 aromatic rings. The second-order valence-corrected chi connectivity index (χ2v) is 12.1. The van der Waals surface area contributed by atoms with Gasteiger partial charge in [-0.15, -0.1) is 0 Å². The van der Waals surface area contributed by atoms with Gasteiger partial charge in [0.05, 0.1) is 10.7 Å². The number of aryl methyl sites for hydroxylation is 1. The van der Waals surface area contributed by atoms with E-state index < -0.39 is 11.9 Å². The van der Waals surface area contributed by atoms with E-state index >= 15 is 0 Å². The molecule has 0 saturated carbocycles. The fraction of sp³-hybridized carbons (Fsp3) is 0.114. The van der Waals surface area contributed by atoms with Crippen molar-refractivity contribution >= 4 is 78.6 Å². The summed E-state index contributed by atoms with van der Waals surface area (Å²) in [5, 5.41) is 27.1. The molecule has 0 bridgehead atoms. The van der Waals surface area contributed by atoms with Gasteiger partial charge in [0.2, 0.25) is 5.52 Å². The molecule has 1 aromatic heterocycles. The Kier molecular flexibility index (Phi) is 8.40. The first-order valence-corrected chi connectivity index (χ1v) is 15.6. The predicted molar refractivity (Wildman–Crippen MR) is 174 cm³/mol. The van der Waals surface area contributed by atoms with Gasteiger partial charge in [-0.25, -0.2) is 0 Å². The van der Waals surface area contributed by atoms with Crippen LogP contribution >= 0.6 is 23.1 Å². The number of nitrogens with zero attached hydrogens (tertiary/aromatic N) is 2. The minimum Gasteiger partial charge on any atom is -0.550 e. The van der Waals surface area contributed by atoms with Crippen molar-refractivity contribution in [3.8, 4) is 0 Å². The van der Waals surface area contributed by atoms with Gasteiger partial charge in [0.25, 0.3) is 5.01 Å². The van der Waals surface area contributed by atoms with Crippen LogP contribution in [0.25, 0.3) is 37.8 Å². The van der Waals surface area contributed by atoms with E-state index in [2.05, 4.69) is 53.1 Å². The first-order valence-electron chi connectivity index (χ1n) is 13.9. The smallest absolute Gasteiger partial charge is 0.309 e. The zero-order valence-electron chi connectivity index (χ0n) is 23.2. The lowest BCUT2D eigenvalue weighted by Crippen LogP contribution is -2.36. The number of hydrogen-bond acceptors (Lipinski definition) is 6. The van der Waals surface area contributed by atoms with Crippen LogP contribution in [0, 0.1) is 0 Å². The molecule has 0 atom stereocenters. The number of fused-ring (bicyclic) bond motifs is 6. The zero-order valence-corrected chi connectivity index (χ0v) is 24.8. The van der Waals surface area contributed by atoms with E-state index in [1.807, 2.05) is 71.7 Å². The standard InChI is InChI=1S/C35H28N2O4S2/c38-32(39)20-22-36-28-18-16-24-10-6-8-12-26(24)34(28)42-30(36)14-4-2-1-3-5-15-31-37(23-21-33(40)41)29-19-17-25-11-7-9-13-27(25)35(29)43-31/h1-19H,20-23H2,(H-,38,39,40,41). The van der Waals surface area contributed by atoms with Crippen molar-refractivity contribution in [3.63, 3.8) is 0 Å². The average Bonchev–Trinajstić information content (AvgIpc) is 3.56. The number of carboxylic acids is 2. The Bertz CT molecular complexity index is 1990. The summed E-state index contributed by atoms with van der Waals surface area (Å²) >= 11 is 3.30. The largest absolute Gasteiger partial charge is 0.550 e. The quantitative estimate of drug-likeness (QED) is 0.141. The highest BCUT2D eigenvalue weighted by molar-refractivity contribution is 8.04. The topological polar surface area (TPSA) is 84.5 Å². The number of carbonyl (C=O) groups is 2. The number of carbonyl (C=O) groups excluding carboxylic acids is 1. The van der Waals surface area contributed by atoms with Crippen LogP contribution in [0.1, 0.15) is 17.8 Å². The maximum Gasteiger partial charge on any atom is 0.309 e. The highest BCUT2D eigenvalue weighted by Crippen LogP contribution is 2.49. The van der Waals surface area contributed by atoms with Crippen LogP contribution in [0.4, 0.5) is 5.69 Å². The summed E-state index contributed by atoms with van der Waals surface area (Å²) in [5.74, 6) is -1.89. The number of carboxylic acid groups (broad SMARTS) is 2. The van der Waals surface area contributed by atoms with Crippen molar-refractivity contribution in [2.45, 2.75) is 24.3 Å². The number of allylic oxidation sites excluding steroid dienone is 6. The molecule has 6 rings (SSSR count). The number of aliphatic carboxylic acids is 2. The second-order valence-electron chi connectivity index (χ2n) is 10.0. The van der Waals surface area contributed by atoms with E-state index in [-0.39, 0.29) is 12.8 Å². The molecule has 0 radical (unpaired) electrons. The fourth-order valence-corrected chi connectivity index (χ4v) is 7.72. The SMILES string of the molecule is O=C([O-])CCN1/C(=C/C=C/C=C/C=C/c2sc3c4ccccc4ccc3[n+]2CCC(=O)O)Sc2c1ccc1ccccc21. The summed E-state index contributed by atoms with van der Waals surface area (Å²) in [6, 6.07) is 24.7. The lowest BCUT2D eigenvalue weighted by Gasteiger charge is -2.20. The Morgan fingerprint density at radius 3 is 2.33 bits per heavy atom. The Morgan fingerprint density at radius 1 is 0.837 bits per heavy atom. The van der Waals surface area contributed by atoms with Gasteiger partial charge >= 0.3 is 5.97 Å². The third-order valence-corrected chi connectivity index (χ3v) is 9.65. The number of anilines is 1. The number of thioether (sulfide) groups is 1. The van der Waals surface area contributed by atoms with Gasteiger partial charge < -0.3 is 19.9 Å².